The lowest BCUT2D eigenvalue weighted by Crippen LogP contribution is -2.71. The number of hydrogen-bond acceptors (Lipinski definition) is 0. The first-order valence-corrected chi connectivity index (χ1v) is 7.84. The highest BCUT2D eigenvalue weighted by atomic mass is 15.0. The Hall–Kier alpha value is 0. The highest BCUT2D eigenvalue weighted by Crippen LogP contribution is 3.00. The number of hydrogen-bond donors (Lipinski definition) is 0. The van der Waals surface area contributed by atoms with E-state index >= 15 is 0 Å². The standard InChI is InChI=1S/C17H26/c1-7-10-8(2)16(5)13-14-15(13,4)12(7)11(10)9(3)17(14,16)6/h7-14H,1-6H3. The van der Waals surface area contributed by atoms with Crippen molar-refractivity contribution in [3.63, 3.8) is 0 Å². The molecule has 94 valence electrons. The maximum Gasteiger partial charge on any atom is -0.0201 e. The average Bonchev–Trinajstić information content (AvgIpc) is 2.87. The first-order chi connectivity index (χ1) is 7.84. The topological polar surface area (TPSA) is 0 Å². The molecule has 0 aromatic carbocycles. The van der Waals surface area contributed by atoms with Gasteiger partial charge < -0.3 is 0 Å². The molecule has 11 atom stereocenters. The molecule has 5 saturated carbocycles. The summed E-state index contributed by atoms with van der Waals surface area (Å²) in [5.74, 6) is 8.48. The molecule has 5 aliphatic rings. The average molecular weight is 230 g/mol. The van der Waals surface area contributed by atoms with Crippen LogP contribution in [0.3, 0.4) is 0 Å². The lowest BCUT2D eigenvalue weighted by Gasteiger charge is -2.75. The maximum absolute atomic E-state index is 2.67. The number of fused-ring (bicyclic) bond motifs is 3. The second-order valence-corrected chi connectivity index (χ2v) is 9.00. The summed E-state index contributed by atoms with van der Waals surface area (Å²) in [7, 11) is 0. The van der Waals surface area contributed by atoms with E-state index in [4.69, 9.17) is 0 Å². The minimum atomic E-state index is 0.687. The summed E-state index contributed by atoms with van der Waals surface area (Å²) in [6.45, 7) is 15.8. The van der Waals surface area contributed by atoms with Crippen LogP contribution in [0.5, 0.6) is 0 Å². The van der Waals surface area contributed by atoms with Crippen LogP contribution in [0.4, 0.5) is 0 Å². The Labute approximate surface area is 106 Å². The molecule has 0 radical (unpaired) electrons. The third-order valence-electron chi connectivity index (χ3n) is 9.81. The van der Waals surface area contributed by atoms with Crippen molar-refractivity contribution >= 4 is 0 Å². The van der Waals surface area contributed by atoms with Crippen LogP contribution in [0.2, 0.25) is 0 Å². The predicted molar refractivity (Wildman–Crippen MR) is 69.3 cm³/mol. The van der Waals surface area contributed by atoms with Crippen molar-refractivity contribution < 1.29 is 0 Å². The molecule has 0 N–H and O–H groups in total. The van der Waals surface area contributed by atoms with E-state index in [0.717, 1.165) is 52.8 Å². The van der Waals surface area contributed by atoms with Gasteiger partial charge in [0.25, 0.3) is 0 Å². The van der Waals surface area contributed by atoms with Crippen LogP contribution in [-0.2, 0) is 0 Å². The molecule has 0 heteroatoms. The Bertz CT molecular complexity index is 441. The van der Waals surface area contributed by atoms with Gasteiger partial charge in [-0.1, -0.05) is 41.5 Å². The molecule has 2 bridgehead atoms. The summed E-state index contributed by atoms with van der Waals surface area (Å²) in [6, 6.07) is 0. The smallest absolute Gasteiger partial charge is 0.0201 e. The SMILES string of the molecule is CC1C2C3C1C1(C)C4C1C(C)(C3C)C4(C)C2C. The second-order valence-electron chi connectivity index (χ2n) is 9.00. The Morgan fingerprint density at radius 1 is 0.706 bits per heavy atom. The fraction of sp³-hybridized carbons (Fsp3) is 1.00. The van der Waals surface area contributed by atoms with Gasteiger partial charge in [-0.2, -0.15) is 0 Å². The van der Waals surface area contributed by atoms with Crippen LogP contribution in [0.25, 0.3) is 0 Å². The van der Waals surface area contributed by atoms with Crippen LogP contribution in [-0.4, -0.2) is 0 Å². The monoisotopic (exact) mass is 230 g/mol. The fourth-order valence-corrected chi connectivity index (χ4v) is 9.30. The van der Waals surface area contributed by atoms with E-state index in [0.29, 0.717) is 10.8 Å². The van der Waals surface area contributed by atoms with E-state index in [2.05, 4.69) is 41.5 Å². The van der Waals surface area contributed by atoms with Gasteiger partial charge in [0.1, 0.15) is 0 Å². The van der Waals surface area contributed by atoms with E-state index in [9.17, 15) is 0 Å². The molecule has 0 nitrogen and oxygen atoms in total. The van der Waals surface area contributed by atoms with Gasteiger partial charge in [0.05, 0.1) is 0 Å². The van der Waals surface area contributed by atoms with E-state index in [1.807, 2.05) is 0 Å². The minimum absolute atomic E-state index is 0.687. The molecule has 0 spiro atoms. The van der Waals surface area contributed by atoms with Gasteiger partial charge in [-0.25, -0.2) is 0 Å². The molecule has 17 heavy (non-hydrogen) atoms. The Morgan fingerprint density at radius 3 is 1.71 bits per heavy atom. The van der Waals surface area contributed by atoms with Crippen molar-refractivity contribution in [1.82, 2.24) is 0 Å². The van der Waals surface area contributed by atoms with Crippen LogP contribution < -0.4 is 0 Å². The normalized spacial score (nSPS) is 85.8. The first kappa shape index (κ1) is 9.87. The second kappa shape index (κ2) is 2.04. The molecular formula is C17H26. The van der Waals surface area contributed by atoms with E-state index < -0.39 is 0 Å². The van der Waals surface area contributed by atoms with Crippen molar-refractivity contribution in [3.05, 3.63) is 0 Å². The molecule has 5 fully saturated rings. The molecule has 5 rings (SSSR count). The lowest BCUT2D eigenvalue weighted by atomic mass is 9.29. The highest BCUT2D eigenvalue weighted by Gasteiger charge is 2.97. The minimum Gasteiger partial charge on any atom is -0.0619 e. The molecule has 0 saturated heterocycles. The zero-order valence-corrected chi connectivity index (χ0v) is 12.1. The zero-order chi connectivity index (χ0) is 12.1. The summed E-state index contributed by atoms with van der Waals surface area (Å²) in [4.78, 5) is 0. The molecule has 0 heterocycles. The van der Waals surface area contributed by atoms with Gasteiger partial charge in [0.2, 0.25) is 0 Å². The third-order valence-corrected chi connectivity index (χ3v) is 9.81. The van der Waals surface area contributed by atoms with Gasteiger partial charge in [-0.15, -0.1) is 0 Å². The molecule has 11 unspecified atom stereocenters. The molecule has 0 aromatic rings. The van der Waals surface area contributed by atoms with Crippen LogP contribution in [0.1, 0.15) is 41.5 Å². The van der Waals surface area contributed by atoms with Crippen molar-refractivity contribution in [3.8, 4) is 0 Å². The Balaban J connectivity index is 1.82. The zero-order valence-electron chi connectivity index (χ0n) is 12.1. The lowest BCUT2D eigenvalue weighted by molar-refractivity contribution is -0.286. The van der Waals surface area contributed by atoms with Crippen molar-refractivity contribution in [2.45, 2.75) is 41.5 Å². The van der Waals surface area contributed by atoms with E-state index in [1.54, 1.807) is 0 Å². The molecule has 0 aliphatic heterocycles. The first-order valence-electron chi connectivity index (χ1n) is 7.84. The van der Waals surface area contributed by atoms with Crippen molar-refractivity contribution in [2.75, 3.05) is 0 Å². The summed E-state index contributed by atoms with van der Waals surface area (Å²) < 4.78 is 0. The maximum atomic E-state index is 2.67. The Kier molecular flexibility index (Phi) is 1.18. The largest absolute Gasteiger partial charge is 0.0619 e. The quantitative estimate of drug-likeness (QED) is 0.588. The third kappa shape index (κ3) is 0.529. The fourth-order valence-electron chi connectivity index (χ4n) is 9.30. The van der Waals surface area contributed by atoms with E-state index in [-0.39, 0.29) is 0 Å². The number of rotatable bonds is 0. The molecule has 0 aromatic heterocycles. The Morgan fingerprint density at radius 2 is 1.18 bits per heavy atom. The van der Waals surface area contributed by atoms with Crippen molar-refractivity contribution in [2.24, 2.45) is 63.6 Å². The molecule has 0 amide bonds. The summed E-state index contributed by atoms with van der Waals surface area (Å²) >= 11 is 0. The van der Waals surface area contributed by atoms with Gasteiger partial charge in [0, 0.05) is 0 Å². The van der Waals surface area contributed by atoms with Gasteiger partial charge in [-0.05, 0) is 63.6 Å². The highest BCUT2D eigenvalue weighted by molar-refractivity contribution is 5.43. The molecule has 5 aliphatic carbocycles. The summed E-state index contributed by atoms with van der Waals surface area (Å²) in [5.41, 5.74) is 2.15. The van der Waals surface area contributed by atoms with Crippen molar-refractivity contribution in [1.29, 1.82) is 0 Å². The predicted octanol–water partition coefficient (Wildman–Crippen LogP) is 4.06. The van der Waals surface area contributed by atoms with Crippen LogP contribution in [0.15, 0.2) is 0 Å². The van der Waals surface area contributed by atoms with Gasteiger partial charge in [-0.3, -0.25) is 0 Å². The summed E-state index contributed by atoms with van der Waals surface area (Å²) in [5, 5.41) is 0. The molecular weight excluding hydrogens is 204 g/mol. The van der Waals surface area contributed by atoms with Gasteiger partial charge >= 0.3 is 0 Å². The van der Waals surface area contributed by atoms with Gasteiger partial charge in [0.15, 0.2) is 0 Å². The van der Waals surface area contributed by atoms with Crippen LogP contribution in [0, 0.1) is 63.6 Å². The summed E-state index contributed by atoms with van der Waals surface area (Å²) in [6.07, 6.45) is 0. The van der Waals surface area contributed by atoms with E-state index in [1.165, 1.54) is 0 Å². The van der Waals surface area contributed by atoms with Crippen LogP contribution >= 0.6 is 0 Å².